The molecule has 0 spiro atoms. The molecule has 0 saturated heterocycles. The molecule has 0 aliphatic heterocycles. The van der Waals surface area contributed by atoms with Crippen LogP contribution in [-0.2, 0) is 0 Å². The molecule has 0 radical (unpaired) electrons. The number of nitrogens with zero attached hydrogens (tertiary/aromatic N) is 2. The molecule has 0 amide bonds. The third kappa shape index (κ3) is 2.61. The van der Waals surface area contributed by atoms with Gasteiger partial charge >= 0.3 is 0 Å². The molecule has 0 saturated carbocycles. The summed E-state index contributed by atoms with van der Waals surface area (Å²) in [5.41, 5.74) is 3.19. The highest BCUT2D eigenvalue weighted by Gasteiger charge is 2.05. The zero-order chi connectivity index (χ0) is 12.3. The standard InChI is InChI=1S/C14H17N3/c1-10(2)13-7-8-16-14(17-13)11-5-4-6-12(9-11)15-3/h4-10,15H,1-3H3. The van der Waals surface area contributed by atoms with E-state index >= 15 is 0 Å². The van der Waals surface area contributed by atoms with Crippen LogP contribution in [0.25, 0.3) is 11.4 Å². The summed E-state index contributed by atoms with van der Waals surface area (Å²) in [6.07, 6.45) is 1.82. The lowest BCUT2D eigenvalue weighted by Crippen LogP contribution is -1.97. The van der Waals surface area contributed by atoms with Gasteiger partial charge in [0.05, 0.1) is 0 Å². The molecule has 3 heteroatoms. The van der Waals surface area contributed by atoms with E-state index in [1.54, 1.807) is 0 Å². The van der Waals surface area contributed by atoms with Crippen LogP contribution in [0.15, 0.2) is 36.5 Å². The van der Waals surface area contributed by atoms with Crippen molar-refractivity contribution >= 4 is 5.69 Å². The van der Waals surface area contributed by atoms with Crippen LogP contribution in [0, 0.1) is 0 Å². The molecule has 0 fully saturated rings. The summed E-state index contributed by atoms with van der Waals surface area (Å²) in [5.74, 6) is 1.21. The Morgan fingerprint density at radius 3 is 2.71 bits per heavy atom. The van der Waals surface area contributed by atoms with Gasteiger partial charge < -0.3 is 5.32 Å². The van der Waals surface area contributed by atoms with E-state index in [-0.39, 0.29) is 0 Å². The van der Waals surface area contributed by atoms with E-state index in [1.807, 2.05) is 37.5 Å². The van der Waals surface area contributed by atoms with Crippen LogP contribution in [0.5, 0.6) is 0 Å². The fourth-order valence-corrected chi connectivity index (χ4v) is 1.65. The van der Waals surface area contributed by atoms with Crippen molar-refractivity contribution in [2.24, 2.45) is 0 Å². The lowest BCUT2D eigenvalue weighted by atomic mass is 10.1. The van der Waals surface area contributed by atoms with E-state index in [2.05, 4.69) is 35.2 Å². The SMILES string of the molecule is CNc1cccc(-c2nccc(C(C)C)n2)c1. The van der Waals surface area contributed by atoms with Crippen molar-refractivity contribution in [3.63, 3.8) is 0 Å². The normalized spacial score (nSPS) is 10.6. The van der Waals surface area contributed by atoms with Crippen LogP contribution >= 0.6 is 0 Å². The van der Waals surface area contributed by atoms with Gasteiger partial charge in [-0.2, -0.15) is 0 Å². The average Bonchev–Trinajstić information content (AvgIpc) is 2.39. The maximum atomic E-state index is 4.58. The van der Waals surface area contributed by atoms with Crippen LogP contribution in [-0.4, -0.2) is 17.0 Å². The second-order valence-corrected chi connectivity index (χ2v) is 4.29. The Balaban J connectivity index is 2.41. The van der Waals surface area contributed by atoms with Crippen LogP contribution in [0.3, 0.4) is 0 Å². The molecule has 17 heavy (non-hydrogen) atoms. The van der Waals surface area contributed by atoms with Crippen molar-refractivity contribution in [3.05, 3.63) is 42.2 Å². The molecular formula is C14H17N3. The number of nitrogens with one attached hydrogen (secondary N) is 1. The third-order valence-corrected chi connectivity index (χ3v) is 2.68. The van der Waals surface area contributed by atoms with E-state index in [9.17, 15) is 0 Å². The summed E-state index contributed by atoms with van der Waals surface area (Å²) in [6.45, 7) is 4.27. The average molecular weight is 227 g/mol. The highest BCUT2D eigenvalue weighted by molar-refractivity contribution is 5.62. The number of hydrogen-bond donors (Lipinski definition) is 1. The first-order valence-electron chi connectivity index (χ1n) is 5.82. The summed E-state index contributed by atoms with van der Waals surface area (Å²) < 4.78 is 0. The molecular weight excluding hydrogens is 210 g/mol. The Morgan fingerprint density at radius 1 is 1.18 bits per heavy atom. The largest absolute Gasteiger partial charge is 0.388 e. The lowest BCUT2D eigenvalue weighted by Gasteiger charge is -2.07. The van der Waals surface area contributed by atoms with E-state index in [0.29, 0.717) is 5.92 Å². The number of aromatic nitrogens is 2. The van der Waals surface area contributed by atoms with Gasteiger partial charge in [0, 0.05) is 30.2 Å². The number of rotatable bonds is 3. The molecule has 0 aliphatic rings. The molecule has 1 aromatic carbocycles. The van der Waals surface area contributed by atoms with Gasteiger partial charge in [-0.15, -0.1) is 0 Å². The summed E-state index contributed by atoms with van der Waals surface area (Å²) in [7, 11) is 1.91. The lowest BCUT2D eigenvalue weighted by molar-refractivity contribution is 0.817. The van der Waals surface area contributed by atoms with E-state index < -0.39 is 0 Å². The fourth-order valence-electron chi connectivity index (χ4n) is 1.65. The molecule has 0 aliphatic carbocycles. The van der Waals surface area contributed by atoms with Crippen molar-refractivity contribution in [1.82, 2.24) is 9.97 Å². The molecule has 0 bridgehead atoms. The zero-order valence-corrected chi connectivity index (χ0v) is 10.4. The van der Waals surface area contributed by atoms with Crippen molar-refractivity contribution in [2.75, 3.05) is 12.4 Å². The van der Waals surface area contributed by atoms with Crippen molar-refractivity contribution in [3.8, 4) is 11.4 Å². The van der Waals surface area contributed by atoms with E-state index in [1.165, 1.54) is 0 Å². The molecule has 88 valence electrons. The monoisotopic (exact) mass is 227 g/mol. The van der Waals surface area contributed by atoms with E-state index in [4.69, 9.17) is 0 Å². The van der Waals surface area contributed by atoms with E-state index in [0.717, 1.165) is 22.8 Å². The predicted molar refractivity (Wildman–Crippen MR) is 71.1 cm³/mol. The smallest absolute Gasteiger partial charge is 0.159 e. The van der Waals surface area contributed by atoms with Crippen LogP contribution in [0.1, 0.15) is 25.5 Å². The second kappa shape index (κ2) is 4.95. The fraction of sp³-hybridized carbons (Fsp3) is 0.286. The van der Waals surface area contributed by atoms with Gasteiger partial charge in [-0.25, -0.2) is 9.97 Å². The van der Waals surface area contributed by atoms with Crippen LogP contribution in [0.4, 0.5) is 5.69 Å². The molecule has 0 unspecified atom stereocenters. The van der Waals surface area contributed by atoms with Gasteiger partial charge in [0.25, 0.3) is 0 Å². The Morgan fingerprint density at radius 2 is 2.00 bits per heavy atom. The Labute approximate surface area is 102 Å². The molecule has 2 rings (SSSR count). The maximum Gasteiger partial charge on any atom is 0.159 e. The zero-order valence-electron chi connectivity index (χ0n) is 10.4. The Bertz CT molecular complexity index is 506. The predicted octanol–water partition coefficient (Wildman–Crippen LogP) is 3.31. The molecule has 0 atom stereocenters. The highest BCUT2D eigenvalue weighted by Crippen LogP contribution is 2.20. The van der Waals surface area contributed by atoms with Gasteiger partial charge in [0.1, 0.15) is 0 Å². The summed E-state index contributed by atoms with van der Waals surface area (Å²) in [6, 6.07) is 10.1. The minimum atomic E-state index is 0.421. The number of hydrogen-bond acceptors (Lipinski definition) is 3. The van der Waals surface area contributed by atoms with Gasteiger partial charge in [-0.1, -0.05) is 26.0 Å². The first-order valence-corrected chi connectivity index (χ1v) is 5.82. The maximum absolute atomic E-state index is 4.58. The number of benzene rings is 1. The molecule has 1 N–H and O–H groups in total. The Hall–Kier alpha value is -1.90. The molecule has 2 aromatic rings. The minimum Gasteiger partial charge on any atom is -0.388 e. The minimum absolute atomic E-state index is 0.421. The van der Waals surface area contributed by atoms with Crippen LogP contribution in [0.2, 0.25) is 0 Å². The van der Waals surface area contributed by atoms with Crippen molar-refractivity contribution < 1.29 is 0 Å². The summed E-state index contributed by atoms with van der Waals surface area (Å²) >= 11 is 0. The first kappa shape index (κ1) is 11.6. The van der Waals surface area contributed by atoms with Crippen molar-refractivity contribution in [1.29, 1.82) is 0 Å². The molecule has 3 nitrogen and oxygen atoms in total. The number of anilines is 1. The molecule has 1 heterocycles. The topological polar surface area (TPSA) is 37.8 Å². The van der Waals surface area contributed by atoms with Gasteiger partial charge in [-0.3, -0.25) is 0 Å². The Kier molecular flexibility index (Phi) is 3.38. The quantitative estimate of drug-likeness (QED) is 0.874. The summed E-state index contributed by atoms with van der Waals surface area (Å²) in [5, 5.41) is 3.12. The second-order valence-electron chi connectivity index (χ2n) is 4.29. The van der Waals surface area contributed by atoms with Gasteiger partial charge in [0.2, 0.25) is 0 Å². The third-order valence-electron chi connectivity index (χ3n) is 2.68. The van der Waals surface area contributed by atoms with Crippen LogP contribution < -0.4 is 5.32 Å². The van der Waals surface area contributed by atoms with Crippen molar-refractivity contribution in [2.45, 2.75) is 19.8 Å². The summed E-state index contributed by atoms with van der Waals surface area (Å²) in [4.78, 5) is 8.91. The van der Waals surface area contributed by atoms with Gasteiger partial charge in [-0.05, 0) is 24.1 Å². The highest BCUT2D eigenvalue weighted by atomic mass is 14.9. The molecule has 1 aromatic heterocycles. The van der Waals surface area contributed by atoms with Gasteiger partial charge in [0.15, 0.2) is 5.82 Å². The first-order chi connectivity index (χ1) is 8.20.